The molecular weight excluding hydrogens is 232 g/mol. The number of rotatable bonds is 4. The Kier molecular flexibility index (Phi) is 3.93. The van der Waals surface area contributed by atoms with Gasteiger partial charge in [0.25, 0.3) is 0 Å². The highest BCUT2D eigenvalue weighted by molar-refractivity contribution is 7.99. The van der Waals surface area contributed by atoms with Crippen molar-refractivity contribution in [1.29, 1.82) is 0 Å². The maximum Gasteiger partial charge on any atom is 0.133 e. The first-order valence-electron chi connectivity index (χ1n) is 5.44. The molecule has 0 aliphatic carbocycles. The molecule has 17 heavy (non-hydrogen) atoms. The van der Waals surface area contributed by atoms with E-state index in [0.29, 0.717) is 0 Å². The topological polar surface area (TPSA) is 50.7 Å². The summed E-state index contributed by atoms with van der Waals surface area (Å²) < 4.78 is 0. The highest BCUT2D eigenvalue weighted by Crippen LogP contribution is 2.29. The maximum absolute atomic E-state index is 4.31. The molecule has 88 valence electrons. The predicted octanol–water partition coefficient (Wildman–Crippen LogP) is 2.76. The Morgan fingerprint density at radius 2 is 2.00 bits per heavy atom. The molecule has 0 aliphatic heterocycles. The number of nitrogens with one attached hydrogen (secondary N) is 1. The Balaban J connectivity index is 2.24. The van der Waals surface area contributed by atoms with E-state index in [2.05, 4.69) is 27.2 Å². The molecule has 0 aliphatic rings. The molecule has 0 saturated heterocycles. The van der Waals surface area contributed by atoms with Gasteiger partial charge in [-0.3, -0.25) is 4.98 Å². The molecule has 0 saturated carbocycles. The lowest BCUT2D eigenvalue weighted by Crippen LogP contribution is -2.03. The summed E-state index contributed by atoms with van der Waals surface area (Å²) >= 11 is 1.62. The highest BCUT2D eigenvalue weighted by Gasteiger charge is 2.07. The second-order valence-corrected chi connectivity index (χ2v) is 4.53. The van der Waals surface area contributed by atoms with Crippen LogP contribution in [-0.2, 0) is 0 Å². The van der Waals surface area contributed by atoms with Crippen molar-refractivity contribution in [2.75, 3.05) is 11.9 Å². The lowest BCUT2D eigenvalue weighted by atomic mass is 10.3. The second-order valence-electron chi connectivity index (χ2n) is 3.47. The largest absolute Gasteiger partial charge is 0.370 e. The summed E-state index contributed by atoms with van der Waals surface area (Å²) in [5, 5.41) is 4.20. The quantitative estimate of drug-likeness (QED) is 0.841. The normalized spacial score (nSPS) is 10.2. The molecule has 4 nitrogen and oxygen atoms in total. The zero-order valence-electron chi connectivity index (χ0n) is 9.84. The first-order valence-corrected chi connectivity index (χ1v) is 6.26. The Bertz CT molecular complexity index is 487. The van der Waals surface area contributed by atoms with E-state index in [4.69, 9.17) is 0 Å². The van der Waals surface area contributed by atoms with Crippen molar-refractivity contribution in [2.24, 2.45) is 0 Å². The summed E-state index contributed by atoms with van der Waals surface area (Å²) in [7, 11) is 0. The monoisotopic (exact) mass is 246 g/mol. The molecule has 0 unspecified atom stereocenters. The summed E-state index contributed by atoms with van der Waals surface area (Å²) in [6.07, 6.45) is 5.16. The second kappa shape index (κ2) is 5.63. The number of pyridine rings is 1. The molecule has 0 spiro atoms. The van der Waals surface area contributed by atoms with Crippen molar-refractivity contribution < 1.29 is 0 Å². The van der Waals surface area contributed by atoms with E-state index >= 15 is 0 Å². The van der Waals surface area contributed by atoms with Gasteiger partial charge in [-0.1, -0.05) is 11.8 Å². The first-order chi connectivity index (χ1) is 8.31. The fourth-order valence-electron chi connectivity index (χ4n) is 1.40. The van der Waals surface area contributed by atoms with Crippen molar-refractivity contribution in [3.05, 3.63) is 36.4 Å². The van der Waals surface area contributed by atoms with Crippen molar-refractivity contribution in [1.82, 2.24) is 15.0 Å². The molecule has 2 rings (SSSR count). The van der Waals surface area contributed by atoms with E-state index in [1.807, 2.05) is 19.1 Å². The zero-order chi connectivity index (χ0) is 12.1. The number of nitrogens with zero attached hydrogens (tertiary/aromatic N) is 3. The van der Waals surface area contributed by atoms with Crippen LogP contribution < -0.4 is 5.32 Å². The Labute approximate surface area is 105 Å². The van der Waals surface area contributed by atoms with Crippen LogP contribution >= 0.6 is 11.8 Å². The number of anilines is 1. The molecule has 1 N–H and O–H groups in total. The van der Waals surface area contributed by atoms with Crippen LogP contribution in [0.25, 0.3) is 0 Å². The molecule has 5 heteroatoms. The average Bonchev–Trinajstić information content (AvgIpc) is 2.36. The Morgan fingerprint density at radius 3 is 2.71 bits per heavy atom. The number of aromatic nitrogens is 3. The smallest absolute Gasteiger partial charge is 0.133 e. The molecule has 2 heterocycles. The zero-order valence-corrected chi connectivity index (χ0v) is 10.7. The summed E-state index contributed by atoms with van der Waals surface area (Å²) in [6.45, 7) is 4.94. The molecule has 0 fully saturated rings. The maximum atomic E-state index is 4.31. The Morgan fingerprint density at radius 1 is 1.24 bits per heavy atom. The molecule has 0 atom stereocenters. The van der Waals surface area contributed by atoms with E-state index < -0.39 is 0 Å². The van der Waals surface area contributed by atoms with Crippen molar-refractivity contribution in [2.45, 2.75) is 23.8 Å². The van der Waals surface area contributed by atoms with Crippen LogP contribution in [0, 0.1) is 6.92 Å². The molecule has 0 radical (unpaired) electrons. The lowest BCUT2D eigenvalue weighted by Gasteiger charge is -2.09. The molecule has 0 aromatic carbocycles. The van der Waals surface area contributed by atoms with Crippen LogP contribution in [0.2, 0.25) is 0 Å². The highest BCUT2D eigenvalue weighted by atomic mass is 32.2. The minimum Gasteiger partial charge on any atom is -0.370 e. The van der Waals surface area contributed by atoms with Crippen LogP contribution in [-0.4, -0.2) is 21.5 Å². The number of hydrogen-bond donors (Lipinski definition) is 1. The summed E-state index contributed by atoms with van der Waals surface area (Å²) in [4.78, 5) is 13.7. The number of hydrogen-bond acceptors (Lipinski definition) is 5. The van der Waals surface area contributed by atoms with Gasteiger partial charge in [-0.15, -0.1) is 0 Å². The summed E-state index contributed by atoms with van der Waals surface area (Å²) in [5.74, 6) is 0.902. The minimum atomic E-state index is 0.858. The van der Waals surface area contributed by atoms with Crippen molar-refractivity contribution in [3.8, 4) is 0 Å². The third kappa shape index (κ3) is 2.94. The molecule has 2 aromatic rings. The van der Waals surface area contributed by atoms with Crippen LogP contribution in [0.4, 0.5) is 5.82 Å². The fraction of sp³-hybridized carbons (Fsp3) is 0.250. The fourth-order valence-corrected chi connectivity index (χ4v) is 2.23. The molecular formula is C12H14N4S. The predicted molar refractivity (Wildman–Crippen MR) is 69.3 cm³/mol. The standard InChI is InChI=1S/C12H14N4S/c1-3-14-11-9(2)12(16-8-15-11)17-10-4-6-13-7-5-10/h4-8H,3H2,1-2H3,(H,14,15,16). The van der Waals surface area contributed by atoms with Gasteiger partial charge in [-0.2, -0.15) is 0 Å². The van der Waals surface area contributed by atoms with Gasteiger partial charge < -0.3 is 5.32 Å². The van der Waals surface area contributed by atoms with Gasteiger partial charge in [0.05, 0.1) is 0 Å². The van der Waals surface area contributed by atoms with E-state index in [0.717, 1.165) is 27.8 Å². The minimum absolute atomic E-state index is 0.858. The van der Waals surface area contributed by atoms with E-state index in [-0.39, 0.29) is 0 Å². The van der Waals surface area contributed by atoms with Crippen molar-refractivity contribution >= 4 is 17.6 Å². The van der Waals surface area contributed by atoms with Gasteiger partial charge in [-0.05, 0) is 26.0 Å². The molecule has 2 aromatic heterocycles. The SMILES string of the molecule is CCNc1ncnc(Sc2ccncc2)c1C. The van der Waals surface area contributed by atoms with Gasteiger partial charge in [0.15, 0.2) is 0 Å². The van der Waals surface area contributed by atoms with E-state index in [1.54, 1.807) is 30.5 Å². The van der Waals surface area contributed by atoms with Crippen molar-refractivity contribution in [3.63, 3.8) is 0 Å². The van der Waals surface area contributed by atoms with E-state index in [9.17, 15) is 0 Å². The van der Waals surface area contributed by atoms with Crippen LogP contribution in [0.5, 0.6) is 0 Å². The Hall–Kier alpha value is -1.62. The average molecular weight is 246 g/mol. The van der Waals surface area contributed by atoms with Crippen LogP contribution in [0.3, 0.4) is 0 Å². The van der Waals surface area contributed by atoms with Crippen LogP contribution in [0.15, 0.2) is 40.8 Å². The van der Waals surface area contributed by atoms with Crippen LogP contribution in [0.1, 0.15) is 12.5 Å². The van der Waals surface area contributed by atoms with Gasteiger partial charge in [0.2, 0.25) is 0 Å². The summed E-state index contributed by atoms with van der Waals surface area (Å²) in [6, 6.07) is 3.94. The third-order valence-corrected chi connectivity index (χ3v) is 3.36. The molecule has 0 amide bonds. The third-order valence-electron chi connectivity index (χ3n) is 2.25. The lowest BCUT2D eigenvalue weighted by molar-refractivity contribution is 0.990. The van der Waals surface area contributed by atoms with Gasteiger partial charge in [0.1, 0.15) is 17.2 Å². The van der Waals surface area contributed by atoms with E-state index in [1.165, 1.54) is 0 Å². The molecule has 0 bridgehead atoms. The first kappa shape index (κ1) is 11.9. The van der Waals surface area contributed by atoms with Gasteiger partial charge in [0, 0.05) is 29.4 Å². The summed E-state index contributed by atoms with van der Waals surface area (Å²) in [5.41, 5.74) is 1.08. The van der Waals surface area contributed by atoms with Gasteiger partial charge in [-0.25, -0.2) is 9.97 Å². The van der Waals surface area contributed by atoms with Gasteiger partial charge >= 0.3 is 0 Å².